The standard InChI is InChI=1S/C21H32N4O3/c1-3-4-5-11-22-20(27)17-9-12-25(13-10-17)19(26)15-23-21(28)24-18-8-6-7-16(2)14-18/h6-8,14,17H,3-5,9-13,15H2,1-2H3,(H,22,27)(H2,23,24,28). The van der Waals surface area contributed by atoms with Crippen LogP contribution in [0.3, 0.4) is 0 Å². The summed E-state index contributed by atoms with van der Waals surface area (Å²) < 4.78 is 0. The summed E-state index contributed by atoms with van der Waals surface area (Å²) in [6, 6.07) is 7.06. The van der Waals surface area contributed by atoms with Gasteiger partial charge in [0.2, 0.25) is 11.8 Å². The maximum absolute atomic E-state index is 12.3. The third-order valence-corrected chi connectivity index (χ3v) is 4.97. The number of nitrogens with zero attached hydrogens (tertiary/aromatic N) is 1. The Kier molecular flexibility index (Phi) is 8.78. The summed E-state index contributed by atoms with van der Waals surface area (Å²) in [4.78, 5) is 38.2. The number of urea groups is 1. The molecule has 7 heteroatoms. The highest BCUT2D eigenvalue weighted by molar-refractivity contribution is 5.92. The molecule has 1 aromatic rings. The van der Waals surface area contributed by atoms with Crippen LogP contribution in [0, 0.1) is 12.8 Å². The molecule has 0 spiro atoms. The van der Waals surface area contributed by atoms with Gasteiger partial charge in [-0.1, -0.05) is 31.9 Å². The van der Waals surface area contributed by atoms with E-state index in [-0.39, 0.29) is 24.3 Å². The first kappa shape index (κ1) is 21.7. The Morgan fingerprint density at radius 2 is 1.86 bits per heavy atom. The van der Waals surface area contributed by atoms with Crippen LogP contribution in [0.25, 0.3) is 0 Å². The molecule has 0 atom stereocenters. The van der Waals surface area contributed by atoms with E-state index in [2.05, 4.69) is 22.9 Å². The highest BCUT2D eigenvalue weighted by atomic mass is 16.2. The fourth-order valence-corrected chi connectivity index (χ4v) is 3.29. The quantitative estimate of drug-likeness (QED) is 0.598. The van der Waals surface area contributed by atoms with E-state index in [0.29, 0.717) is 31.6 Å². The molecule has 4 amide bonds. The van der Waals surface area contributed by atoms with Crippen molar-refractivity contribution in [1.29, 1.82) is 0 Å². The number of piperidine rings is 1. The van der Waals surface area contributed by atoms with Crippen molar-refractivity contribution >= 4 is 23.5 Å². The van der Waals surface area contributed by atoms with Crippen LogP contribution in [0.5, 0.6) is 0 Å². The minimum atomic E-state index is -0.403. The Hall–Kier alpha value is -2.57. The van der Waals surface area contributed by atoms with E-state index in [9.17, 15) is 14.4 Å². The summed E-state index contributed by atoms with van der Waals surface area (Å²) in [5.74, 6) is -0.0525. The van der Waals surface area contributed by atoms with Crippen LogP contribution in [-0.2, 0) is 9.59 Å². The lowest BCUT2D eigenvalue weighted by Crippen LogP contribution is -2.47. The first-order valence-corrected chi connectivity index (χ1v) is 10.2. The Bertz CT molecular complexity index is 669. The van der Waals surface area contributed by atoms with Crippen molar-refractivity contribution in [2.75, 3.05) is 31.5 Å². The van der Waals surface area contributed by atoms with Gasteiger partial charge in [0.1, 0.15) is 0 Å². The number of benzene rings is 1. The topological polar surface area (TPSA) is 90.5 Å². The lowest BCUT2D eigenvalue weighted by Gasteiger charge is -2.31. The van der Waals surface area contributed by atoms with Crippen molar-refractivity contribution in [3.63, 3.8) is 0 Å². The average molecular weight is 389 g/mol. The van der Waals surface area contributed by atoms with Crippen LogP contribution in [0.4, 0.5) is 10.5 Å². The number of rotatable bonds is 8. The summed E-state index contributed by atoms with van der Waals surface area (Å²) in [5.41, 5.74) is 1.74. The van der Waals surface area contributed by atoms with Gasteiger partial charge < -0.3 is 20.9 Å². The maximum Gasteiger partial charge on any atom is 0.319 e. The van der Waals surface area contributed by atoms with Gasteiger partial charge in [-0.25, -0.2) is 4.79 Å². The molecular formula is C21H32N4O3. The maximum atomic E-state index is 12.3. The first-order valence-electron chi connectivity index (χ1n) is 10.2. The SMILES string of the molecule is CCCCCNC(=O)C1CCN(C(=O)CNC(=O)Nc2cccc(C)c2)CC1. The Labute approximate surface area is 167 Å². The van der Waals surface area contributed by atoms with E-state index in [1.165, 1.54) is 0 Å². The van der Waals surface area contributed by atoms with Gasteiger partial charge in [-0.3, -0.25) is 9.59 Å². The largest absolute Gasteiger partial charge is 0.356 e. The normalized spacial score (nSPS) is 14.4. The molecule has 3 N–H and O–H groups in total. The van der Waals surface area contributed by atoms with Crippen LogP contribution < -0.4 is 16.0 Å². The first-order chi connectivity index (χ1) is 13.5. The van der Waals surface area contributed by atoms with E-state index in [1.807, 2.05) is 25.1 Å². The molecule has 0 unspecified atom stereocenters. The zero-order valence-electron chi connectivity index (χ0n) is 16.9. The number of aryl methyl sites for hydroxylation is 1. The average Bonchev–Trinajstić information content (AvgIpc) is 2.69. The van der Waals surface area contributed by atoms with Crippen molar-refractivity contribution in [3.8, 4) is 0 Å². The number of carbonyl (C=O) groups is 3. The monoisotopic (exact) mass is 388 g/mol. The number of likely N-dealkylation sites (tertiary alicyclic amines) is 1. The summed E-state index contributed by atoms with van der Waals surface area (Å²) >= 11 is 0. The molecule has 28 heavy (non-hydrogen) atoms. The van der Waals surface area contributed by atoms with E-state index in [1.54, 1.807) is 11.0 Å². The van der Waals surface area contributed by atoms with Crippen LogP contribution in [0.1, 0.15) is 44.6 Å². The molecule has 1 fully saturated rings. The van der Waals surface area contributed by atoms with Gasteiger partial charge >= 0.3 is 6.03 Å². The van der Waals surface area contributed by atoms with Gasteiger partial charge in [-0.05, 0) is 43.9 Å². The number of amides is 4. The van der Waals surface area contributed by atoms with Gasteiger partial charge in [0, 0.05) is 31.2 Å². The molecule has 0 bridgehead atoms. The fourth-order valence-electron chi connectivity index (χ4n) is 3.29. The predicted octanol–water partition coefficient (Wildman–Crippen LogP) is 2.66. The van der Waals surface area contributed by atoms with Crippen LogP contribution in [0.2, 0.25) is 0 Å². The van der Waals surface area contributed by atoms with Crippen LogP contribution in [-0.4, -0.2) is 48.9 Å². The van der Waals surface area contributed by atoms with Crippen LogP contribution >= 0.6 is 0 Å². The van der Waals surface area contributed by atoms with Crippen molar-refractivity contribution < 1.29 is 14.4 Å². The van der Waals surface area contributed by atoms with Gasteiger partial charge in [-0.15, -0.1) is 0 Å². The van der Waals surface area contributed by atoms with Crippen molar-refractivity contribution in [1.82, 2.24) is 15.5 Å². The second-order valence-electron chi connectivity index (χ2n) is 7.33. The fraction of sp³-hybridized carbons (Fsp3) is 0.571. The number of anilines is 1. The molecule has 1 heterocycles. The molecule has 7 nitrogen and oxygen atoms in total. The smallest absolute Gasteiger partial charge is 0.319 e. The van der Waals surface area contributed by atoms with Crippen molar-refractivity contribution in [2.45, 2.75) is 46.0 Å². The summed E-state index contributed by atoms with van der Waals surface area (Å²) in [5, 5.41) is 8.31. The zero-order chi connectivity index (χ0) is 20.4. The highest BCUT2D eigenvalue weighted by Gasteiger charge is 2.27. The number of nitrogens with one attached hydrogen (secondary N) is 3. The summed E-state index contributed by atoms with van der Waals surface area (Å²) in [7, 11) is 0. The molecule has 1 saturated heterocycles. The molecule has 1 aliphatic heterocycles. The number of carbonyl (C=O) groups excluding carboxylic acids is 3. The van der Waals surface area contributed by atoms with E-state index < -0.39 is 6.03 Å². The second kappa shape index (κ2) is 11.3. The minimum Gasteiger partial charge on any atom is -0.356 e. The van der Waals surface area contributed by atoms with Gasteiger partial charge in [0.25, 0.3) is 0 Å². The molecule has 2 rings (SSSR count). The Morgan fingerprint density at radius 3 is 2.54 bits per heavy atom. The molecule has 1 aromatic carbocycles. The zero-order valence-corrected chi connectivity index (χ0v) is 16.9. The van der Waals surface area contributed by atoms with Gasteiger partial charge in [0.05, 0.1) is 6.54 Å². The molecule has 0 aromatic heterocycles. The molecule has 154 valence electrons. The van der Waals surface area contributed by atoms with Crippen LogP contribution in [0.15, 0.2) is 24.3 Å². The molecule has 0 saturated carbocycles. The molecule has 0 aliphatic carbocycles. The Balaban J connectivity index is 1.66. The number of hydrogen-bond acceptors (Lipinski definition) is 3. The molecule has 1 aliphatic rings. The van der Waals surface area contributed by atoms with E-state index in [0.717, 1.165) is 31.4 Å². The van der Waals surface area contributed by atoms with E-state index in [4.69, 9.17) is 0 Å². The third-order valence-electron chi connectivity index (χ3n) is 4.97. The van der Waals surface area contributed by atoms with E-state index >= 15 is 0 Å². The molecular weight excluding hydrogens is 356 g/mol. The number of hydrogen-bond donors (Lipinski definition) is 3. The van der Waals surface area contributed by atoms with Crippen molar-refractivity contribution in [2.24, 2.45) is 5.92 Å². The van der Waals surface area contributed by atoms with Gasteiger partial charge in [0.15, 0.2) is 0 Å². The Morgan fingerprint density at radius 1 is 1.11 bits per heavy atom. The highest BCUT2D eigenvalue weighted by Crippen LogP contribution is 2.17. The second-order valence-corrected chi connectivity index (χ2v) is 7.33. The lowest BCUT2D eigenvalue weighted by molar-refractivity contribution is -0.134. The summed E-state index contributed by atoms with van der Waals surface area (Å²) in [6.07, 6.45) is 4.60. The van der Waals surface area contributed by atoms with Gasteiger partial charge in [-0.2, -0.15) is 0 Å². The lowest BCUT2D eigenvalue weighted by atomic mass is 9.96. The van der Waals surface area contributed by atoms with Crippen molar-refractivity contribution in [3.05, 3.63) is 29.8 Å². The minimum absolute atomic E-state index is 0.0248. The molecule has 0 radical (unpaired) electrons. The predicted molar refractivity (Wildman–Crippen MR) is 110 cm³/mol. The summed E-state index contributed by atoms with van der Waals surface area (Å²) in [6.45, 7) is 5.86. The number of unbranched alkanes of at least 4 members (excludes halogenated alkanes) is 2. The third kappa shape index (κ3) is 7.21.